The first-order chi connectivity index (χ1) is 16.5. The van der Waals surface area contributed by atoms with Gasteiger partial charge in [-0.2, -0.15) is 0 Å². The molecule has 3 aliphatic rings. The minimum atomic E-state index is -0.179. The van der Waals surface area contributed by atoms with Crippen LogP contribution in [0.1, 0.15) is 42.5 Å². The maximum atomic E-state index is 13.7. The molecule has 4 nitrogen and oxygen atoms in total. The molecule has 2 aromatic carbocycles. The average molecular weight is 459 g/mol. The second-order valence-corrected chi connectivity index (χ2v) is 9.77. The Labute approximate surface area is 202 Å². The van der Waals surface area contributed by atoms with Crippen molar-refractivity contribution in [2.24, 2.45) is 0 Å². The van der Waals surface area contributed by atoms with Crippen molar-refractivity contribution in [3.8, 4) is 0 Å². The molecule has 178 valence electrons. The lowest BCUT2D eigenvalue weighted by Gasteiger charge is -2.30. The monoisotopic (exact) mass is 458 g/mol. The summed E-state index contributed by atoms with van der Waals surface area (Å²) in [6, 6.07) is 16.2. The number of hydrogen-bond acceptors (Lipinski definition) is 3. The van der Waals surface area contributed by atoms with Crippen LogP contribution < -0.4 is 5.32 Å². The summed E-state index contributed by atoms with van der Waals surface area (Å²) < 4.78 is 13.7. The Morgan fingerprint density at radius 3 is 2.59 bits per heavy atom. The molecule has 6 rings (SSSR count). The molecule has 5 heteroatoms. The summed E-state index contributed by atoms with van der Waals surface area (Å²) in [5.74, 6) is 0.867. The quantitative estimate of drug-likeness (QED) is 0.470. The number of benzene rings is 2. The van der Waals surface area contributed by atoms with Crippen LogP contribution in [0.5, 0.6) is 0 Å². The molecule has 3 heterocycles. The minimum Gasteiger partial charge on any atom is -0.357 e. The smallest absolute Gasteiger partial charge is 0.123 e. The lowest BCUT2D eigenvalue weighted by atomic mass is 9.93. The molecule has 3 aromatic rings. The molecule has 1 saturated heterocycles. The summed E-state index contributed by atoms with van der Waals surface area (Å²) in [6.45, 7) is 13.6. The summed E-state index contributed by atoms with van der Waals surface area (Å²) in [5.41, 5.74) is 5.86. The highest BCUT2D eigenvalue weighted by atomic mass is 19.1. The predicted molar refractivity (Wildman–Crippen MR) is 138 cm³/mol. The maximum absolute atomic E-state index is 13.7. The Morgan fingerprint density at radius 1 is 1.12 bits per heavy atom. The molecule has 2 fully saturated rings. The molecule has 0 unspecified atom stereocenters. The van der Waals surface area contributed by atoms with Gasteiger partial charge in [-0.25, -0.2) is 4.39 Å². The van der Waals surface area contributed by atoms with E-state index in [1.165, 1.54) is 42.1 Å². The molecule has 0 bridgehead atoms. The van der Waals surface area contributed by atoms with Gasteiger partial charge in [0.05, 0.1) is 12.6 Å². The van der Waals surface area contributed by atoms with Crippen molar-refractivity contribution in [1.82, 2.24) is 20.1 Å². The molecule has 0 radical (unpaired) electrons. The number of halogens is 1. The van der Waals surface area contributed by atoms with Gasteiger partial charge in [-0.3, -0.25) is 0 Å². The van der Waals surface area contributed by atoms with Crippen LogP contribution in [0.4, 0.5) is 4.39 Å². The summed E-state index contributed by atoms with van der Waals surface area (Å²) >= 11 is 0. The first-order valence-corrected chi connectivity index (χ1v) is 12.5. The fraction of sp³-hybridized carbons (Fsp3) is 0.379. The number of aromatic amines is 1. The molecule has 1 aliphatic carbocycles. The van der Waals surface area contributed by atoms with Gasteiger partial charge in [0, 0.05) is 41.3 Å². The number of H-pyrrole nitrogens is 1. The summed E-state index contributed by atoms with van der Waals surface area (Å²) in [7, 11) is 0. The van der Waals surface area contributed by atoms with Crippen LogP contribution in [-0.2, 0) is 13.0 Å². The van der Waals surface area contributed by atoms with Crippen LogP contribution in [0.15, 0.2) is 73.2 Å². The van der Waals surface area contributed by atoms with Crippen molar-refractivity contribution in [2.45, 2.75) is 57.7 Å². The standard InChI is InChI=1S/C22H27FN4.C7H8/c1-14-22-12-19-18-11-16(23)7-8-20(18)25-21(19)13-27(22)15(2)26(14)10-4-9-24-17-5-3-6-17;1-7-5-3-2-4-6-7/h7-8,11,17,22,24-25H,1-6,9-10,12-13H2;2-6H,1H3/t22-;/m0./s1. The van der Waals surface area contributed by atoms with Gasteiger partial charge in [0.15, 0.2) is 0 Å². The summed E-state index contributed by atoms with van der Waals surface area (Å²) in [4.78, 5) is 8.10. The fourth-order valence-corrected chi connectivity index (χ4v) is 5.26. The SMILES string of the molecule is C=C1[C@@H]2Cc3c([nH]c4ccc(F)cc34)CN2C(=C)N1CCCNC1CCC1.Cc1ccccc1. The summed E-state index contributed by atoms with van der Waals surface area (Å²) in [5, 5.41) is 4.64. The van der Waals surface area contributed by atoms with Gasteiger partial charge in [0.25, 0.3) is 0 Å². The second-order valence-electron chi connectivity index (χ2n) is 9.77. The zero-order chi connectivity index (χ0) is 23.7. The number of aryl methyl sites for hydroxylation is 1. The fourth-order valence-electron chi connectivity index (χ4n) is 5.26. The highest BCUT2D eigenvalue weighted by Gasteiger charge is 2.40. The molecule has 2 aliphatic heterocycles. The zero-order valence-corrected chi connectivity index (χ0v) is 20.1. The molecule has 0 amide bonds. The number of hydrogen-bond donors (Lipinski definition) is 2. The second kappa shape index (κ2) is 9.67. The Morgan fingerprint density at radius 2 is 1.91 bits per heavy atom. The van der Waals surface area contributed by atoms with Crippen molar-refractivity contribution in [2.75, 3.05) is 13.1 Å². The molecular weight excluding hydrogens is 423 g/mol. The van der Waals surface area contributed by atoms with E-state index in [1.54, 1.807) is 6.07 Å². The third-order valence-electron chi connectivity index (χ3n) is 7.47. The molecular formula is C29H35FN4. The lowest BCUT2D eigenvalue weighted by Crippen LogP contribution is -2.36. The lowest BCUT2D eigenvalue weighted by molar-refractivity contribution is 0.269. The van der Waals surface area contributed by atoms with E-state index in [-0.39, 0.29) is 11.9 Å². The number of aromatic nitrogens is 1. The Kier molecular flexibility index (Phi) is 6.46. The first-order valence-electron chi connectivity index (χ1n) is 12.5. The van der Waals surface area contributed by atoms with E-state index in [4.69, 9.17) is 0 Å². The number of fused-ring (bicyclic) bond motifs is 4. The van der Waals surface area contributed by atoms with E-state index in [9.17, 15) is 4.39 Å². The Balaban J connectivity index is 0.000000297. The molecule has 1 saturated carbocycles. The van der Waals surface area contributed by atoms with Gasteiger partial charge in [-0.15, -0.1) is 0 Å². The van der Waals surface area contributed by atoms with Gasteiger partial charge < -0.3 is 20.1 Å². The largest absolute Gasteiger partial charge is 0.357 e. The van der Waals surface area contributed by atoms with E-state index in [0.717, 1.165) is 60.9 Å². The van der Waals surface area contributed by atoms with E-state index >= 15 is 0 Å². The van der Waals surface area contributed by atoms with E-state index in [1.807, 2.05) is 24.3 Å². The van der Waals surface area contributed by atoms with Crippen LogP contribution in [-0.4, -0.2) is 40.0 Å². The minimum absolute atomic E-state index is 0.179. The number of rotatable bonds is 5. The van der Waals surface area contributed by atoms with Gasteiger partial charge in [-0.05, 0) is 56.5 Å². The van der Waals surface area contributed by atoms with Crippen LogP contribution >= 0.6 is 0 Å². The van der Waals surface area contributed by atoms with E-state index in [0.29, 0.717) is 0 Å². The third-order valence-corrected chi connectivity index (χ3v) is 7.47. The van der Waals surface area contributed by atoms with Crippen LogP contribution in [0.25, 0.3) is 10.9 Å². The van der Waals surface area contributed by atoms with E-state index < -0.39 is 0 Å². The highest BCUT2D eigenvalue weighted by Crippen LogP contribution is 2.40. The van der Waals surface area contributed by atoms with Crippen LogP contribution in [0, 0.1) is 12.7 Å². The van der Waals surface area contributed by atoms with Gasteiger partial charge in [0.2, 0.25) is 0 Å². The first kappa shape index (κ1) is 22.7. The van der Waals surface area contributed by atoms with Crippen molar-refractivity contribution >= 4 is 10.9 Å². The van der Waals surface area contributed by atoms with Crippen molar-refractivity contribution < 1.29 is 4.39 Å². The molecule has 0 spiro atoms. The van der Waals surface area contributed by atoms with Crippen LogP contribution in [0.3, 0.4) is 0 Å². The van der Waals surface area contributed by atoms with Gasteiger partial charge in [-0.1, -0.05) is 55.5 Å². The topological polar surface area (TPSA) is 34.3 Å². The number of nitrogens with zero attached hydrogens (tertiary/aromatic N) is 2. The molecule has 1 atom stereocenters. The predicted octanol–water partition coefficient (Wildman–Crippen LogP) is 5.86. The van der Waals surface area contributed by atoms with E-state index in [2.05, 4.69) is 52.3 Å². The highest BCUT2D eigenvalue weighted by molar-refractivity contribution is 5.85. The number of nitrogens with one attached hydrogen (secondary N) is 2. The third kappa shape index (κ3) is 4.49. The van der Waals surface area contributed by atoms with Gasteiger partial charge >= 0.3 is 0 Å². The molecule has 1 aromatic heterocycles. The zero-order valence-electron chi connectivity index (χ0n) is 20.1. The van der Waals surface area contributed by atoms with Gasteiger partial charge in [0.1, 0.15) is 11.6 Å². The maximum Gasteiger partial charge on any atom is 0.123 e. The molecule has 2 N–H and O–H groups in total. The Bertz CT molecular complexity index is 1180. The van der Waals surface area contributed by atoms with Crippen molar-refractivity contribution in [1.29, 1.82) is 0 Å². The normalized spacial score (nSPS) is 19.5. The average Bonchev–Trinajstić information content (AvgIpc) is 3.26. The van der Waals surface area contributed by atoms with Crippen molar-refractivity contribution in [3.63, 3.8) is 0 Å². The summed E-state index contributed by atoms with van der Waals surface area (Å²) in [6.07, 6.45) is 5.96. The van der Waals surface area contributed by atoms with Crippen LogP contribution in [0.2, 0.25) is 0 Å². The van der Waals surface area contributed by atoms with Crippen molar-refractivity contribution in [3.05, 3.63) is 95.8 Å². The molecule has 34 heavy (non-hydrogen) atoms. The Hall–Kier alpha value is -3.05.